The molecule has 332 valence electrons. The van der Waals surface area contributed by atoms with E-state index >= 15 is 0 Å². The van der Waals surface area contributed by atoms with Crippen LogP contribution in [0.5, 0.6) is 0 Å². The van der Waals surface area contributed by atoms with Gasteiger partial charge < -0.3 is 9.80 Å². The molecule has 5 heteroatoms. The molecule has 2 aliphatic rings. The highest BCUT2D eigenvalue weighted by atomic mass is 32.1. The number of thiophene rings is 2. The summed E-state index contributed by atoms with van der Waals surface area (Å²) in [6.45, 7) is 44.9. The van der Waals surface area contributed by atoms with Gasteiger partial charge in [-0.05, 0) is 132 Å². The normalized spacial score (nSPS) is 14.7. The van der Waals surface area contributed by atoms with Crippen LogP contribution in [0.3, 0.4) is 0 Å². The zero-order valence-electron chi connectivity index (χ0n) is 42.4. The first kappa shape index (κ1) is 44.9. The Morgan fingerprint density at radius 2 is 0.719 bits per heavy atom. The van der Waals surface area contributed by atoms with Gasteiger partial charge in [0, 0.05) is 52.5 Å². The minimum atomic E-state index is -0.0446. The van der Waals surface area contributed by atoms with E-state index in [-0.39, 0.29) is 39.2 Å². The van der Waals surface area contributed by atoms with E-state index in [1.54, 1.807) is 0 Å². The van der Waals surface area contributed by atoms with Crippen LogP contribution in [0.2, 0.25) is 0 Å². The smallest absolute Gasteiger partial charge is 0.277 e. The maximum absolute atomic E-state index is 2.67. The van der Waals surface area contributed by atoms with Gasteiger partial charge in [0.2, 0.25) is 0 Å². The van der Waals surface area contributed by atoms with Gasteiger partial charge in [0.25, 0.3) is 6.71 Å². The van der Waals surface area contributed by atoms with Gasteiger partial charge in [0.05, 0.1) is 11.4 Å². The summed E-state index contributed by atoms with van der Waals surface area (Å²) in [6.07, 6.45) is 0. The van der Waals surface area contributed by atoms with E-state index in [9.17, 15) is 0 Å². The second-order valence-corrected chi connectivity index (χ2v) is 27.4. The van der Waals surface area contributed by atoms with E-state index in [1.165, 1.54) is 108 Å². The topological polar surface area (TPSA) is 6.48 Å². The van der Waals surface area contributed by atoms with Crippen LogP contribution in [-0.4, -0.2) is 6.71 Å². The van der Waals surface area contributed by atoms with Crippen LogP contribution in [0, 0.1) is 6.92 Å². The van der Waals surface area contributed by atoms with Gasteiger partial charge in [-0.25, -0.2) is 0 Å². The summed E-state index contributed by atoms with van der Waals surface area (Å²) in [5.74, 6) is 0. The average molecular weight is 883 g/mol. The first-order chi connectivity index (χ1) is 29.4. The molecule has 2 aliphatic heterocycles. The minimum absolute atomic E-state index is 0.0147. The van der Waals surface area contributed by atoms with Crippen LogP contribution in [0.25, 0.3) is 20.2 Å². The highest BCUT2D eigenvalue weighted by Gasteiger charge is 2.48. The Morgan fingerprint density at radius 1 is 0.391 bits per heavy atom. The van der Waals surface area contributed by atoms with Gasteiger partial charge in [-0.3, -0.25) is 0 Å². The lowest BCUT2D eigenvalue weighted by molar-refractivity contribution is 0.573. The predicted molar refractivity (Wildman–Crippen MR) is 288 cm³/mol. The number of nitrogens with zero attached hydrogens (tertiary/aromatic N) is 2. The molecule has 0 bridgehead atoms. The van der Waals surface area contributed by atoms with Gasteiger partial charge in [0.15, 0.2) is 0 Å². The SMILES string of the molecule is Cc1cc2c3c(c1)N(c1ccc(C(C)(C)C)cc1)c1c(sc4c(C(C)(C)C)cc(C(C)(C)C)cc14)B3c1sc3c(C(C)(C)C)cc(C(C)(C)C)cc3c1N2c1ccc(C(C)(C)C)cc1. The molecule has 0 aliphatic carbocycles. The standard InChI is InChI=1S/C59H71BN2S2/c1-34-28-45-47-46(29-34)62(40-26-22-36(23-27-40)55(5,6)7)49-42-31-38(57(11,12)13)33-44(59(17,18)19)51(42)64-53(49)60(47)52-48(61(45)39-24-20-35(21-25-39)54(2,3)4)41-30-37(56(8,9)10)32-43(50(41)63-52)58(14,15)16/h20-33H,1-19H3. The Bertz CT molecular complexity index is 2790. The lowest BCUT2D eigenvalue weighted by Crippen LogP contribution is -2.59. The van der Waals surface area contributed by atoms with Crippen molar-refractivity contribution in [1.82, 2.24) is 0 Å². The molecule has 9 rings (SSSR count). The van der Waals surface area contributed by atoms with E-state index in [2.05, 4.69) is 249 Å². The molecule has 0 atom stereocenters. The molecule has 5 aromatic carbocycles. The molecule has 2 nitrogen and oxygen atoms in total. The van der Waals surface area contributed by atoms with Gasteiger partial charge in [0.1, 0.15) is 0 Å². The molecule has 0 unspecified atom stereocenters. The summed E-state index contributed by atoms with van der Waals surface area (Å²) in [5, 5.41) is 2.75. The largest absolute Gasteiger partial charge is 0.310 e. The molecule has 0 fully saturated rings. The Balaban J connectivity index is 1.48. The first-order valence-electron chi connectivity index (χ1n) is 23.6. The minimum Gasteiger partial charge on any atom is -0.310 e. The Morgan fingerprint density at radius 3 is 1.02 bits per heavy atom. The Kier molecular flexibility index (Phi) is 10.1. The van der Waals surface area contributed by atoms with Crippen LogP contribution >= 0.6 is 22.7 Å². The predicted octanol–water partition coefficient (Wildman–Crippen LogP) is 16.3. The van der Waals surface area contributed by atoms with Crippen molar-refractivity contribution in [2.24, 2.45) is 0 Å². The molecule has 0 saturated carbocycles. The van der Waals surface area contributed by atoms with Crippen molar-refractivity contribution >= 4 is 98.7 Å². The van der Waals surface area contributed by atoms with Gasteiger partial charge in [-0.1, -0.05) is 161 Å². The molecule has 4 heterocycles. The maximum atomic E-state index is 2.67. The van der Waals surface area contributed by atoms with Gasteiger partial charge in [-0.2, -0.15) is 0 Å². The molecule has 64 heavy (non-hydrogen) atoms. The van der Waals surface area contributed by atoms with E-state index in [4.69, 9.17) is 0 Å². The monoisotopic (exact) mass is 883 g/mol. The molecule has 7 aromatic rings. The fourth-order valence-corrected chi connectivity index (χ4v) is 13.3. The summed E-state index contributed by atoms with van der Waals surface area (Å²) in [6, 6.07) is 34.2. The zero-order valence-corrected chi connectivity index (χ0v) is 44.0. The fourth-order valence-electron chi connectivity index (χ4n) is 10.0. The molecular formula is C59H71BN2S2. The molecular weight excluding hydrogens is 812 g/mol. The molecule has 0 spiro atoms. The quantitative estimate of drug-likeness (QED) is 0.160. The number of benzene rings is 5. The summed E-state index contributed by atoms with van der Waals surface area (Å²) >= 11 is 4.12. The molecule has 2 aromatic heterocycles. The third-order valence-electron chi connectivity index (χ3n) is 13.9. The van der Waals surface area contributed by atoms with Crippen LogP contribution in [0.4, 0.5) is 34.1 Å². The third-order valence-corrected chi connectivity index (χ3v) is 16.5. The van der Waals surface area contributed by atoms with Crippen LogP contribution in [0.1, 0.15) is 164 Å². The number of aryl methyl sites for hydroxylation is 1. The van der Waals surface area contributed by atoms with Crippen molar-refractivity contribution in [3.63, 3.8) is 0 Å². The van der Waals surface area contributed by atoms with Crippen molar-refractivity contribution in [2.45, 2.75) is 164 Å². The van der Waals surface area contributed by atoms with Gasteiger partial charge in [-0.15, -0.1) is 22.7 Å². The molecule has 0 radical (unpaired) electrons. The molecule has 0 saturated heterocycles. The van der Waals surface area contributed by atoms with E-state index < -0.39 is 0 Å². The fraction of sp³-hybridized carbons (Fsp3) is 0.424. The molecule has 0 N–H and O–H groups in total. The number of rotatable bonds is 2. The summed E-state index contributed by atoms with van der Waals surface area (Å²) < 4.78 is 5.74. The third kappa shape index (κ3) is 7.27. The van der Waals surface area contributed by atoms with Crippen molar-refractivity contribution in [2.75, 3.05) is 9.80 Å². The Labute approximate surface area is 394 Å². The highest BCUT2D eigenvalue weighted by molar-refractivity contribution is 7.41. The maximum Gasteiger partial charge on any atom is 0.277 e. The highest BCUT2D eigenvalue weighted by Crippen LogP contribution is 2.53. The second kappa shape index (κ2) is 14.3. The second-order valence-electron chi connectivity index (χ2n) is 25.3. The first-order valence-corrected chi connectivity index (χ1v) is 25.3. The summed E-state index contributed by atoms with van der Waals surface area (Å²) in [7, 11) is 0. The average Bonchev–Trinajstić information content (AvgIpc) is 3.74. The number of hydrogen-bond donors (Lipinski definition) is 0. The van der Waals surface area contributed by atoms with Crippen molar-refractivity contribution < 1.29 is 0 Å². The van der Waals surface area contributed by atoms with E-state index in [0.717, 1.165) is 0 Å². The number of anilines is 6. The lowest BCUT2D eigenvalue weighted by Gasteiger charge is -2.42. The van der Waals surface area contributed by atoms with Crippen LogP contribution < -0.4 is 24.8 Å². The van der Waals surface area contributed by atoms with Crippen LogP contribution in [-0.2, 0) is 32.5 Å². The zero-order chi connectivity index (χ0) is 46.6. The van der Waals surface area contributed by atoms with Crippen molar-refractivity contribution in [3.8, 4) is 0 Å². The number of fused-ring (bicyclic) bond motifs is 8. The van der Waals surface area contributed by atoms with Crippen LogP contribution in [0.15, 0.2) is 84.9 Å². The Hall–Kier alpha value is -4.32. The van der Waals surface area contributed by atoms with E-state index in [0.29, 0.717) is 0 Å². The van der Waals surface area contributed by atoms with Crippen molar-refractivity contribution in [1.29, 1.82) is 0 Å². The summed E-state index contributed by atoms with van der Waals surface area (Å²) in [4.78, 5) is 5.33. The number of hydrogen-bond acceptors (Lipinski definition) is 4. The lowest BCUT2D eigenvalue weighted by atomic mass is 9.39. The summed E-state index contributed by atoms with van der Waals surface area (Å²) in [5.41, 5.74) is 18.7. The van der Waals surface area contributed by atoms with Gasteiger partial charge >= 0.3 is 0 Å². The molecule has 0 amide bonds. The van der Waals surface area contributed by atoms with E-state index in [1.807, 2.05) is 0 Å². The van der Waals surface area contributed by atoms with Crippen molar-refractivity contribution in [3.05, 3.63) is 124 Å².